The van der Waals surface area contributed by atoms with Gasteiger partial charge in [0, 0.05) is 11.1 Å². The third kappa shape index (κ3) is 3.96. The van der Waals surface area contributed by atoms with Gasteiger partial charge >= 0.3 is 0 Å². The van der Waals surface area contributed by atoms with E-state index in [1.165, 1.54) is 6.07 Å². The summed E-state index contributed by atoms with van der Waals surface area (Å²) in [4.78, 5) is 23.9. The van der Waals surface area contributed by atoms with Gasteiger partial charge in [-0.25, -0.2) is 4.39 Å². The van der Waals surface area contributed by atoms with E-state index in [0.29, 0.717) is 16.9 Å². The van der Waals surface area contributed by atoms with Gasteiger partial charge in [-0.3, -0.25) is 9.59 Å². The first-order valence-electron chi connectivity index (χ1n) is 8.59. The number of hydrogen-bond donors (Lipinski definition) is 3. The molecule has 146 valence electrons. The molecular weight excluding hydrogens is 365 g/mol. The molecule has 2 heterocycles. The lowest BCUT2D eigenvalue weighted by molar-refractivity contribution is -0.120. The zero-order chi connectivity index (χ0) is 20.3. The second kappa shape index (κ2) is 8.10. The van der Waals surface area contributed by atoms with E-state index in [1.54, 1.807) is 53.9 Å². The number of fused-ring (bicyclic) bond motifs is 1. The summed E-state index contributed by atoms with van der Waals surface area (Å²) in [5.41, 5.74) is 7.26. The van der Waals surface area contributed by atoms with E-state index in [9.17, 15) is 19.1 Å². The highest BCUT2D eigenvalue weighted by Gasteiger charge is 2.21. The first-order chi connectivity index (χ1) is 13.4. The van der Waals surface area contributed by atoms with Crippen molar-refractivity contribution in [3.8, 4) is 5.75 Å². The second-order valence-electron chi connectivity index (χ2n) is 6.33. The van der Waals surface area contributed by atoms with Gasteiger partial charge < -0.3 is 25.3 Å². The topological polar surface area (TPSA) is 106 Å². The molecule has 0 aliphatic rings. The van der Waals surface area contributed by atoms with E-state index in [1.807, 2.05) is 0 Å². The van der Waals surface area contributed by atoms with Crippen molar-refractivity contribution in [1.82, 2.24) is 9.72 Å². The van der Waals surface area contributed by atoms with E-state index in [2.05, 4.69) is 5.32 Å². The molecule has 4 N–H and O–H groups in total. The lowest BCUT2D eigenvalue weighted by Gasteiger charge is -2.14. The molecule has 2 amide bonds. The average Bonchev–Trinajstić information content (AvgIpc) is 3.00. The number of halogens is 1. The number of hydrogen-bond acceptors (Lipinski definition) is 4. The van der Waals surface area contributed by atoms with Gasteiger partial charge in [0.1, 0.15) is 29.9 Å². The van der Waals surface area contributed by atoms with Crippen LogP contribution >= 0.6 is 0 Å². The fourth-order valence-electron chi connectivity index (χ4n) is 2.87. The van der Waals surface area contributed by atoms with Crippen LogP contribution in [0.25, 0.3) is 5.52 Å². The molecular formula is C20H20FN3O4. The maximum absolute atomic E-state index is 13.7. The lowest BCUT2D eigenvalue weighted by Crippen LogP contribution is -2.47. The predicted molar refractivity (Wildman–Crippen MR) is 100 cm³/mol. The van der Waals surface area contributed by atoms with Crippen molar-refractivity contribution >= 4 is 17.3 Å². The Labute approximate surface area is 160 Å². The van der Waals surface area contributed by atoms with Crippen molar-refractivity contribution in [3.63, 3.8) is 0 Å². The summed E-state index contributed by atoms with van der Waals surface area (Å²) in [7, 11) is 0. The number of carbonyl (C=O) groups excluding carboxylic acids is 2. The number of nitrogens with one attached hydrogen (secondary N) is 1. The van der Waals surface area contributed by atoms with Gasteiger partial charge in [-0.05, 0) is 36.8 Å². The number of primary amides is 1. The van der Waals surface area contributed by atoms with Crippen molar-refractivity contribution in [2.75, 3.05) is 6.61 Å². The Kier molecular flexibility index (Phi) is 5.60. The molecule has 0 bridgehead atoms. The van der Waals surface area contributed by atoms with Gasteiger partial charge in [-0.2, -0.15) is 0 Å². The van der Waals surface area contributed by atoms with Gasteiger partial charge in [-0.15, -0.1) is 0 Å². The van der Waals surface area contributed by atoms with Crippen molar-refractivity contribution in [3.05, 3.63) is 71.3 Å². The molecule has 1 aromatic carbocycles. The average molecular weight is 385 g/mol. The molecule has 0 saturated carbocycles. The smallest absolute Gasteiger partial charge is 0.269 e. The quantitative estimate of drug-likeness (QED) is 0.574. The van der Waals surface area contributed by atoms with Crippen molar-refractivity contribution in [1.29, 1.82) is 0 Å². The van der Waals surface area contributed by atoms with Gasteiger partial charge in [0.05, 0.1) is 12.8 Å². The summed E-state index contributed by atoms with van der Waals surface area (Å²) >= 11 is 0. The molecule has 0 radical (unpaired) electrons. The Bertz CT molecular complexity index is 1030. The fourth-order valence-corrected chi connectivity index (χ4v) is 2.87. The summed E-state index contributed by atoms with van der Waals surface area (Å²) in [5.74, 6) is -1.30. The molecule has 8 heteroatoms. The van der Waals surface area contributed by atoms with Gasteiger partial charge in [0.2, 0.25) is 5.91 Å². The fraction of sp³-hybridized carbons (Fsp3) is 0.200. The molecule has 0 spiro atoms. The van der Waals surface area contributed by atoms with E-state index < -0.39 is 24.5 Å². The molecule has 28 heavy (non-hydrogen) atoms. The van der Waals surface area contributed by atoms with Crippen LogP contribution in [-0.4, -0.2) is 34.0 Å². The third-order valence-corrected chi connectivity index (χ3v) is 4.33. The maximum Gasteiger partial charge on any atom is 0.269 e. The van der Waals surface area contributed by atoms with Gasteiger partial charge in [0.15, 0.2) is 0 Å². The molecule has 0 saturated heterocycles. The van der Waals surface area contributed by atoms with E-state index >= 15 is 0 Å². The van der Waals surface area contributed by atoms with Crippen molar-refractivity contribution in [2.24, 2.45) is 5.73 Å². The maximum atomic E-state index is 13.7. The Morgan fingerprint density at radius 3 is 2.71 bits per heavy atom. The number of aromatic nitrogens is 1. The highest BCUT2D eigenvalue weighted by Crippen LogP contribution is 2.21. The summed E-state index contributed by atoms with van der Waals surface area (Å²) in [5, 5.41) is 11.6. The molecule has 1 atom stereocenters. The molecule has 0 aliphatic carbocycles. The number of ether oxygens (including phenoxy) is 1. The van der Waals surface area contributed by atoms with Crippen LogP contribution in [0.4, 0.5) is 4.39 Å². The first kappa shape index (κ1) is 19.4. The molecule has 1 unspecified atom stereocenters. The van der Waals surface area contributed by atoms with E-state index in [4.69, 9.17) is 10.5 Å². The van der Waals surface area contributed by atoms with Crippen LogP contribution in [0.3, 0.4) is 0 Å². The highest BCUT2D eigenvalue weighted by atomic mass is 19.1. The van der Waals surface area contributed by atoms with Crippen molar-refractivity contribution in [2.45, 2.75) is 19.6 Å². The van der Waals surface area contributed by atoms with Crippen molar-refractivity contribution < 1.29 is 23.8 Å². The molecule has 3 aromatic rings. The number of aliphatic hydroxyl groups excluding tert-OH is 1. The minimum Gasteiger partial charge on any atom is -0.487 e. The van der Waals surface area contributed by atoms with Crippen LogP contribution in [0.15, 0.2) is 48.7 Å². The minimum atomic E-state index is -1.18. The number of aliphatic hydroxyl groups is 1. The Hall–Kier alpha value is -3.39. The molecule has 0 fully saturated rings. The van der Waals surface area contributed by atoms with Crippen LogP contribution < -0.4 is 15.8 Å². The Morgan fingerprint density at radius 1 is 1.29 bits per heavy atom. The van der Waals surface area contributed by atoms with Crippen LogP contribution in [-0.2, 0) is 11.4 Å². The number of amides is 2. The number of carbonyl (C=O) groups is 2. The second-order valence-corrected chi connectivity index (χ2v) is 6.33. The largest absolute Gasteiger partial charge is 0.487 e. The van der Waals surface area contributed by atoms with Gasteiger partial charge in [-0.1, -0.05) is 18.2 Å². The molecule has 2 aromatic heterocycles. The van der Waals surface area contributed by atoms with E-state index in [0.717, 1.165) is 5.52 Å². The minimum absolute atomic E-state index is 0.0359. The predicted octanol–water partition coefficient (Wildman–Crippen LogP) is 1.54. The SMILES string of the molecule is Cc1cc2ccc(OCc3ccccc3F)cn2c1C(=O)NC(CO)C(N)=O. The zero-order valence-corrected chi connectivity index (χ0v) is 15.2. The number of pyridine rings is 1. The normalized spacial score (nSPS) is 12.0. The van der Waals surface area contributed by atoms with E-state index in [-0.39, 0.29) is 18.1 Å². The lowest BCUT2D eigenvalue weighted by atomic mass is 10.2. The Morgan fingerprint density at radius 2 is 2.04 bits per heavy atom. The molecule has 7 nitrogen and oxygen atoms in total. The van der Waals surface area contributed by atoms with Gasteiger partial charge in [0.25, 0.3) is 5.91 Å². The standard InChI is InChI=1S/C20H20FN3O4/c1-12-8-14-6-7-15(28-11-13-4-2-3-5-16(13)21)9-24(14)18(12)20(27)23-17(10-25)19(22)26/h2-9,17,25H,10-11H2,1H3,(H2,22,26)(H,23,27). The Balaban J connectivity index is 1.86. The summed E-state index contributed by atoms with van der Waals surface area (Å²) in [6.45, 7) is 1.19. The van der Waals surface area contributed by atoms with Crippen LogP contribution in [0, 0.1) is 12.7 Å². The highest BCUT2D eigenvalue weighted by molar-refractivity contribution is 5.98. The first-order valence-corrected chi connectivity index (χ1v) is 8.59. The summed E-state index contributed by atoms with van der Waals surface area (Å²) < 4.78 is 21.0. The number of benzene rings is 1. The monoisotopic (exact) mass is 385 g/mol. The number of nitrogens with two attached hydrogens (primary N) is 1. The molecule has 0 aliphatic heterocycles. The summed E-state index contributed by atoms with van der Waals surface area (Å²) in [6, 6.07) is 10.4. The number of nitrogens with zero attached hydrogens (tertiary/aromatic N) is 1. The van der Waals surface area contributed by atoms with Crippen LogP contribution in [0.5, 0.6) is 5.75 Å². The third-order valence-electron chi connectivity index (χ3n) is 4.33. The van der Waals surface area contributed by atoms with Crippen LogP contribution in [0.1, 0.15) is 21.6 Å². The number of rotatable bonds is 7. The molecule has 3 rings (SSSR count). The number of aryl methyl sites for hydroxylation is 1. The van der Waals surface area contributed by atoms with Crippen LogP contribution in [0.2, 0.25) is 0 Å². The summed E-state index contributed by atoms with van der Waals surface area (Å²) in [6.07, 6.45) is 1.61. The zero-order valence-electron chi connectivity index (χ0n) is 15.2.